The van der Waals surface area contributed by atoms with Crippen molar-refractivity contribution in [1.82, 2.24) is 4.98 Å². The fourth-order valence-electron chi connectivity index (χ4n) is 2.78. The van der Waals surface area contributed by atoms with Crippen LogP contribution in [0.15, 0.2) is 40.8 Å². The Morgan fingerprint density at radius 3 is 2.52 bits per heavy atom. The Labute approximate surface area is 158 Å². The lowest BCUT2D eigenvalue weighted by atomic mass is 10.2. The van der Waals surface area contributed by atoms with E-state index in [2.05, 4.69) is 10.3 Å². The largest absolute Gasteiger partial charge is 0.493 e. The third-order valence-electron chi connectivity index (χ3n) is 4.07. The van der Waals surface area contributed by atoms with Crippen LogP contribution >= 0.6 is 11.3 Å². The second-order valence-electron chi connectivity index (χ2n) is 5.64. The SMILES string of the molecule is COc1cc2nc(NC(=O)c3cc4cccc(OC)c4o3)sc2cc1OC. The van der Waals surface area contributed by atoms with Crippen LogP contribution < -0.4 is 19.5 Å². The van der Waals surface area contributed by atoms with Crippen molar-refractivity contribution in [2.45, 2.75) is 0 Å². The van der Waals surface area contributed by atoms with Crippen LogP contribution in [-0.4, -0.2) is 32.2 Å². The molecule has 4 aromatic rings. The van der Waals surface area contributed by atoms with E-state index in [1.807, 2.05) is 18.2 Å². The van der Waals surface area contributed by atoms with E-state index in [-0.39, 0.29) is 11.7 Å². The number of para-hydroxylation sites is 1. The first-order valence-electron chi connectivity index (χ1n) is 8.03. The van der Waals surface area contributed by atoms with Gasteiger partial charge in [-0.25, -0.2) is 4.98 Å². The van der Waals surface area contributed by atoms with Gasteiger partial charge in [-0.15, -0.1) is 0 Å². The normalized spacial score (nSPS) is 10.9. The van der Waals surface area contributed by atoms with Crippen LogP contribution in [0.2, 0.25) is 0 Å². The number of fused-ring (bicyclic) bond motifs is 2. The monoisotopic (exact) mass is 384 g/mol. The fourth-order valence-corrected chi connectivity index (χ4v) is 3.65. The van der Waals surface area contributed by atoms with E-state index >= 15 is 0 Å². The number of thiazole rings is 1. The van der Waals surface area contributed by atoms with Gasteiger partial charge in [-0.1, -0.05) is 23.5 Å². The molecule has 1 amide bonds. The van der Waals surface area contributed by atoms with Crippen molar-refractivity contribution in [3.8, 4) is 17.2 Å². The number of hydrogen-bond acceptors (Lipinski definition) is 7. The number of carbonyl (C=O) groups excluding carboxylic acids is 1. The molecular formula is C19H16N2O5S. The summed E-state index contributed by atoms with van der Waals surface area (Å²) in [5.74, 6) is 1.56. The van der Waals surface area contributed by atoms with Crippen molar-refractivity contribution in [2.75, 3.05) is 26.6 Å². The molecule has 2 heterocycles. The number of aromatic nitrogens is 1. The van der Waals surface area contributed by atoms with Gasteiger partial charge >= 0.3 is 0 Å². The first-order valence-corrected chi connectivity index (χ1v) is 8.85. The summed E-state index contributed by atoms with van der Waals surface area (Å²) in [6.07, 6.45) is 0. The molecule has 0 fully saturated rings. The molecule has 0 saturated heterocycles. The summed E-state index contributed by atoms with van der Waals surface area (Å²) in [7, 11) is 4.69. The highest BCUT2D eigenvalue weighted by Crippen LogP contribution is 2.36. The van der Waals surface area contributed by atoms with Crippen LogP contribution in [0.5, 0.6) is 17.2 Å². The van der Waals surface area contributed by atoms with Gasteiger partial charge in [-0.2, -0.15) is 0 Å². The van der Waals surface area contributed by atoms with Crippen LogP contribution in [0, 0.1) is 0 Å². The molecule has 27 heavy (non-hydrogen) atoms. The van der Waals surface area contributed by atoms with Gasteiger partial charge in [-0.05, 0) is 12.1 Å². The Kier molecular flexibility index (Phi) is 4.33. The summed E-state index contributed by atoms with van der Waals surface area (Å²) >= 11 is 1.34. The highest BCUT2D eigenvalue weighted by atomic mass is 32.1. The van der Waals surface area contributed by atoms with Crippen LogP contribution in [0.25, 0.3) is 21.2 Å². The molecule has 1 N–H and O–H groups in total. The first-order chi connectivity index (χ1) is 13.1. The van der Waals surface area contributed by atoms with Gasteiger partial charge in [0, 0.05) is 17.5 Å². The third kappa shape index (κ3) is 3.04. The zero-order valence-electron chi connectivity index (χ0n) is 14.9. The average molecular weight is 384 g/mol. The summed E-state index contributed by atoms with van der Waals surface area (Å²) in [6.45, 7) is 0. The number of rotatable bonds is 5. The summed E-state index contributed by atoms with van der Waals surface area (Å²) in [4.78, 5) is 17.0. The van der Waals surface area contributed by atoms with Crippen molar-refractivity contribution in [3.05, 3.63) is 42.2 Å². The molecule has 0 unspecified atom stereocenters. The molecule has 138 valence electrons. The molecule has 2 aromatic heterocycles. The van der Waals surface area contributed by atoms with E-state index in [4.69, 9.17) is 18.6 Å². The number of methoxy groups -OCH3 is 3. The lowest BCUT2D eigenvalue weighted by molar-refractivity contribution is 0.0998. The maximum Gasteiger partial charge on any atom is 0.293 e. The first kappa shape index (κ1) is 17.2. The molecule has 2 aromatic carbocycles. The smallest absolute Gasteiger partial charge is 0.293 e. The van der Waals surface area contributed by atoms with E-state index in [1.54, 1.807) is 39.5 Å². The van der Waals surface area contributed by atoms with Crippen LogP contribution in [0.4, 0.5) is 5.13 Å². The van der Waals surface area contributed by atoms with Crippen molar-refractivity contribution in [2.24, 2.45) is 0 Å². The number of carbonyl (C=O) groups is 1. The van der Waals surface area contributed by atoms with E-state index < -0.39 is 0 Å². The molecular weight excluding hydrogens is 368 g/mol. The van der Waals surface area contributed by atoms with Gasteiger partial charge in [0.25, 0.3) is 5.91 Å². The molecule has 0 aliphatic heterocycles. The predicted molar refractivity (Wildman–Crippen MR) is 103 cm³/mol. The zero-order chi connectivity index (χ0) is 19.0. The zero-order valence-corrected chi connectivity index (χ0v) is 15.7. The van der Waals surface area contributed by atoms with Gasteiger partial charge in [0.2, 0.25) is 0 Å². The van der Waals surface area contributed by atoms with Crippen molar-refractivity contribution < 1.29 is 23.4 Å². The quantitative estimate of drug-likeness (QED) is 0.552. The van der Waals surface area contributed by atoms with Gasteiger partial charge < -0.3 is 18.6 Å². The molecule has 0 bridgehead atoms. The van der Waals surface area contributed by atoms with Crippen molar-refractivity contribution >= 4 is 43.6 Å². The fraction of sp³-hybridized carbons (Fsp3) is 0.158. The Hall–Kier alpha value is -3.26. The second kappa shape index (κ2) is 6.81. The van der Waals surface area contributed by atoms with Crippen LogP contribution in [0.1, 0.15) is 10.6 Å². The summed E-state index contributed by atoms with van der Waals surface area (Å²) < 4.78 is 22.4. The maximum absolute atomic E-state index is 12.6. The van der Waals surface area contributed by atoms with E-state index in [1.165, 1.54) is 11.3 Å². The van der Waals surface area contributed by atoms with Crippen molar-refractivity contribution in [1.29, 1.82) is 0 Å². The van der Waals surface area contributed by atoms with Gasteiger partial charge in [0.05, 0.1) is 31.5 Å². The molecule has 0 saturated carbocycles. The number of benzene rings is 2. The lowest BCUT2D eigenvalue weighted by Gasteiger charge is -2.05. The lowest BCUT2D eigenvalue weighted by Crippen LogP contribution is -2.10. The molecule has 0 spiro atoms. The van der Waals surface area contributed by atoms with Crippen LogP contribution in [-0.2, 0) is 0 Å². The maximum atomic E-state index is 12.6. The Balaban J connectivity index is 1.64. The highest BCUT2D eigenvalue weighted by molar-refractivity contribution is 7.22. The van der Waals surface area contributed by atoms with E-state index in [0.717, 1.165) is 10.1 Å². The van der Waals surface area contributed by atoms with Crippen LogP contribution in [0.3, 0.4) is 0 Å². The third-order valence-corrected chi connectivity index (χ3v) is 5.00. The summed E-state index contributed by atoms with van der Waals surface area (Å²) in [5, 5.41) is 4.02. The number of furan rings is 1. The summed E-state index contributed by atoms with van der Waals surface area (Å²) in [5.41, 5.74) is 1.24. The molecule has 8 heteroatoms. The number of amides is 1. The number of hydrogen-bond donors (Lipinski definition) is 1. The Morgan fingerprint density at radius 1 is 1.04 bits per heavy atom. The molecule has 0 aliphatic rings. The average Bonchev–Trinajstić information content (AvgIpc) is 3.29. The topological polar surface area (TPSA) is 82.8 Å². The minimum absolute atomic E-state index is 0.184. The Morgan fingerprint density at radius 2 is 1.78 bits per heavy atom. The summed E-state index contributed by atoms with van der Waals surface area (Å²) in [6, 6.07) is 10.7. The number of nitrogens with zero attached hydrogens (tertiary/aromatic N) is 1. The second-order valence-corrected chi connectivity index (χ2v) is 6.67. The predicted octanol–water partition coefficient (Wildman–Crippen LogP) is 4.32. The van der Waals surface area contributed by atoms with Gasteiger partial charge in [0.15, 0.2) is 33.7 Å². The molecule has 0 atom stereocenters. The standard InChI is InChI=1S/C19H16N2O5S/c1-23-12-6-4-5-10-7-15(26-17(10)12)18(22)21-19-20-11-8-13(24-2)14(25-3)9-16(11)27-19/h4-9H,1-3H3,(H,20,21,22). The van der Waals surface area contributed by atoms with Gasteiger partial charge in [-0.3, -0.25) is 10.1 Å². The minimum atomic E-state index is -0.383. The molecule has 0 radical (unpaired) electrons. The number of anilines is 1. The highest BCUT2D eigenvalue weighted by Gasteiger charge is 2.17. The molecule has 0 aliphatic carbocycles. The molecule has 4 rings (SSSR count). The minimum Gasteiger partial charge on any atom is -0.493 e. The number of nitrogens with one attached hydrogen (secondary N) is 1. The van der Waals surface area contributed by atoms with E-state index in [9.17, 15) is 4.79 Å². The Bertz CT molecular complexity index is 1110. The number of ether oxygens (including phenoxy) is 3. The van der Waals surface area contributed by atoms with E-state index in [0.29, 0.717) is 33.5 Å². The van der Waals surface area contributed by atoms with Gasteiger partial charge in [0.1, 0.15) is 0 Å². The van der Waals surface area contributed by atoms with Crippen molar-refractivity contribution in [3.63, 3.8) is 0 Å². The molecule has 7 nitrogen and oxygen atoms in total.